The summed E-state index contributed by atoms with van der Waals surface area (Å²) in [7, 11) is 0. The van der Waals surface area contributed by atoms with E-state index < -0.39 is 0 Å². The van der Waals surface area contributed by atoms with E-state index in [9.17, 15) is 9.90 Å². The van der Waals surface area contributed by atoms with Gasteiger partial charge in [-0.3, -0.25) is 4.79 Å². The van der Waals surface area contributed by atoms with Crippen molar-refractivity contribution in [3.8, 4) is 5.75 Å². The molecule has 1 fully saturated rings. The first-order valence-corrected chi connectivity index (χ1v) is 10.2. The van der Waals surface area contributed by atoms with E-state index in [0.29, 0.717) is 9.23 Å². The average Bonchev–Trinajstić information content (AvgIpc) is 2.95. The summed E-state index contributed by atoms with van der Waals surface area (Å²) >= 11 is 6.49. The van der Waals surface area contributed by atoms with Crippen molar-refractivity contribution in [2.24, 2.45) is 5.10 Å². The van der Waals surface area contributed by atoms with Crippen LogP contribution >= 0.6 is 24.0 Å². The van der Waals surface area contributed by atoms with E-state index >= 15 is 0 Å². The minimum Gasteiger partial charge on any atom is -0.508 e. The third-order valence-corrected chi connectivity index (χ3v) is 5.57. The molecular formula is C21H21N3O2S2. The van der Waals surface area contributed by atoms with Crippen LogP contribution in [-0.4, -0.2) is 39.6 Å². The number of aromatic hydroxyl groups is 1. The topological polar surface area (TPSA) is 56.1 Å². The van der Waals surface area contributed by atoms with Crippen LogP contribution in [0.15, 0.2) is 58.5 Å². The molecule has 2 aromatic carbocycles. The van der Waals surface area contributed by atoms with Crippen molar-refractivity contribution >= 4 is 52.2 Å². The number of nitrogens with zero attached hydrogens (tertiary/aromatic N) is 3. The smallest absolute Gasteiger partial charge is 0.286 e. The molecule has 0 atom stereocenters. The highest BCUT2D eigenvalue weighted by atomic mass is 32.2. The normalized spacial score (nSPS) is 15.8. The highest BCUT2D eigenvalue weighted by molar-refractivity contribution is 8.26. The molecule has 5 nitrogen and oxygen atoms in total. The summed E-state index contributed by atoms with van der Waals surface area (Å²) in [6.45, 7) is 6.15. The molecular weight excluding hydrogens is 390 g/mol. The summed E-state index contributed by atoms with van der Waals surface area (Å²) in [5.41, 5.74) is 2.78. The second-order valence-corrected chi connectivity index (χ2v) is 7.77. The molecule has 0 unspecified atom stereocenters. The van der Waals surface area contributed by atoms with Crippen LogP contribution < -0.4 is 4.90 Å². The Morgan fingerprint density at radius 3 is 2.50 bits per heavy atom. The number of hydrogen-bond acceptors (Lipinski definition) is 6. The van der Waals surface area contributed by atoms with Gasteiger partial charge < -0.3 is 10.0 Å². The summed E-state index contributed by atoms with van der Waals surface area (Å²) in [5.74, 6) is -0.121. The Labute approximate surface area is 174 Å². The molecule has 7 heteroatoms. The Kier molecular flexibility index (Phi) is 6.49. The number of thiocarbonyl (C=S) groups is 1. The minimum atomic E-state index is -0.269. The average molecular weight is 412 g/mol. The molecule has 1 aliphatic rings. The van der Waals surface area contributed by atoms with Crippen molar-refractivity contribution in [1.29, 1.82) is 0 Å². The molecule has 0 bridgehead atoms. The van der Waals surface area contributed by atoms with Crippen LogP contribution in [0.2, 0.25) is 0 Å². The summed E-state index contributed by atoms with van der Waals surface area (Å²) in [4.78, 5) is 15.3. The molecule has 0 aliphatic carbocycles. The molecule has 1 N–H and O–H groups in total. The van der Waals surface area contributed by atoms with Gasteiger partial charge in [-0.1, -0.05) is 36.0 Å². The molecule has 1 amide bonds. The van der Waals surface area contributed by atoms with E-state index in [0.717, 1.165) is 29.9 Å². The van der Waals surface area contributed by atoms with Gasteiger partial charge in [-0.05, 0) is 67.5 Å². The lowest BCUT2D eigenvalue weighted by Crippen LogP contribution is -2.22. The molecule has 1 saturated heterocycles. The van der Waals surface area contributed by atoms with E-state index in [1.54, 1.807) is 30.5 Å². The van der Waals surface area contributed by atoms with Gasteiger partial charge in [0.25, 0.3) is 5.91 Å². The van der Waals surface area contributed by atoms with E-state index in [-0.39, 0.29) is 11.7 Å². The number of thioether (sulfide) groups is 1. The predicted molar refractivity (Wildman–Crippen MR) is 121 cm³/mol. The lowest BCUT2D eigenvalue weighted by Gasteiger charge is -2.20. The quantitative estimate of drug-likeness (QED) is 0.432. The van der Waals surface area contributed by atoms with Crippen LogP contribution in [0.4, 0.5) is 5.69 Å². The van der Waals surface area contributed by atoms with Crippen molar-refractivity contribution in [3.05, 3.63) is 64.6 Å². The van der Waals surface area contributed by atoms with Gasteiger partial charge in [0.1, 0.15) is 5.75 Å². The van der Waals surface area contributed by atoms with Crippen LogP contribution in [0.3, 0.4) is 0 Å². The predicted octanol–water partition coefficient (Wildman–Crippen LogP) is 4.47. The van der Waals surface area contributed by atoms with Gasteiger partial charge in [0.2, 0.25) is 0 Å². The fraction of sp³-hybridized carbons (Fsp3) is 0.190. The number of anilines is 1. The Morgan fingerprint density at radius 1 is 1.14 bits per heavy atom. The number of carbonyl (C=O) groups is 1. The van der Waals surface area contributed by atoms with E-state index in [1.807, 2.05) is 30.3 Å². The third-order valence-electron chi connectivity index (χ3n) is 4.29. The second-order valence-electron chi connectivity index (χ2n) is 6.10. The Balaban J connectivity index is 1.74. The van der Waals surface area contributed by atoms with Gasteiger partial charge in [-0.25, -0.2) is 0 Å². The van der Waals surface area contributed by atoms with E-state index in [4.69, 9.17) is 12.2 Å². The molecule has 1 aliphatic heterocycles. The lowest BCUT2D eigenvalue weighted by molar-refractivity contribution is -0.122. The SMILES string of the molecule is CCN(CC)c1ccc(/C=N/N2C(=O)/C(=C\c3cccc(O)c3)SC2=S)cc1. The number of hydrogen-bond donors (Lipinski definition) is 1. The van der Waals surface area contributed by atoms with Gasteiger partial charge >= 0.3 is 0 Å². The highest BCUT2D eigenvalue weighted by Crippen LogP contribution is 2.33. The number of benzene rings is 2. The maximum absolute atomic E-state index is 12.6. The molecule has 0 saturated carbocycles. The van der Waals surface area contributed by atoms with Crippen molar-refractivity contribution in [2.75, 3.05) is 18.0 Å². The number of phenols is 1. The number of carbonyl (C=O) groups excluding carboxylic acids is 1. The van der Waals surface area contributed by atoms with Crippen molar-refractivity contribution in [1.82, 2.24) is 5.01 Å². The summed E-state index contributed by atoms with van der Waals surface area (Å²) in [6.07, 6.45) is 3.33. The Morgan fingerprint density at radius 2 is 1.86 bits per heavy atom. The van der Waals surface area contributed by atoms with E-state index in [2.05, 4.69) is 23.8 Å². The minimum absolute atomic E-state index is 0.149. The standard InChI is InChI=1S/C21H21N3O2S2/c1-3-23(4-2)17-10-8-15(9-11-17)14-22-24-20(26)19(28-21(24)27)13-16-6-5-7-18(25)12-16/h5-14,25H,3-4H2,1-2H3/b19-13+,22-14+. The zero-order valence-corrected chi connectivity index (χ0v) is 17.3. The largest absolute Gasteiger partial charge is 0.508 e. The highest BCUT2D eigenvalue weighted by Gasteiger charge is 2.32. The van der Waals surface area contributed by atoms with Gasteiger partial charge in [0.05, 0.1) is 11.1 Å². The number of phenolic OH excluding ortho intramolecular Hbond substituents is 1. The molecule has 0 radical (unpaired) electrons. The summed E-state index contributed by atoms with van der Waals surface area (Å²) < 4.78 is 0.382. The molecule has 28 heavy (non-hydrogen) atoms. The van der Waals surface area contributed by atoms with Crippen molar-refractivity contribution < 1.29 is 9.90 Å². The maximum Gasteiger partial charge on any atom is 0.286 e. The number of hydrazone groups is 1. The van der Waals surface area contributed by atoms with Crippen LogP contribution in [0.1, 0.15) is 25.0 Å². The first-order valence-electron chi connectivity index (χ1n) is 8.97. The van der Waals surface area contributed by atoms with Gasteiger partial charge in [0.15, 0.2) is 4.32 Å². The fourth-order valence-electron chi connectivity index (χ4n) is 2.81. The monoisotopic (exact) mass is 411 g/mol. The Bertz CT molecular complexity index is 935. The second kappa shape index (κ2) is 9.03. The van der Waals surface area contributed by atoms with Crippen LogP contribution in [-0.2, 0) is 4.79 Å². The number of amides is 1. The van der Waals surface area contributed by atoms with Crippen molar-refractivity contribution in [3.63, 3.8) is 0 Å². The fourth-order valence-corrected chi connectivity index (χ4v) is 3.98. The summed E-state index contributed by atoms with van der Waals surface area (Å²) in [6, 6.07) is 14.7. The van der Waals surface area contributed by atoms with Gasteiger partial charge in [0, 0.05) is 18.8 Å². The van der Waals surface area contributed by atoms with Crippen molar-refractivity contribution in [2.45, 2.75) is 13.8 Å². The molecule has 2 aromatic rings. The maximum atomic E-state index is 12.6. The van der Waals surface area contributed by atoms with Gasteiger partial charge in [-0.15, -0.1) is 0 Å². The molecule has 1 heterocycles. The summed E-state index contributed by atoms with van der Waals surface area (Å²) in [5, 5.41) is 15.1. The first kappa shape index (κ1) is 20.1. The zero-order valence-electron chi connectivity index (χ0n) is 15.7. The molecule has 0 aromatic heterocycles. The number of rotatable bonds is 6. The molecule has 144 valence electrons. The van der Waals surface area contributed by atoms with E-state index in [1.165, 1.54) is 16.8 Å². The molecule has 3 rings (SSSR count). The first-order chi connectivity index (χ1) is 13.5. The van der Waals surface area contributed by atoms with Crippen LogP contribution in [0.5, 0.6) is 5.75 Å². The van der Waals surface area contributed by atoms with Gasteiger partial charge in [-0.2, -0.15) is 10.1 Å². The third kappa shape index (κ3) is 4.61. The van der Waals surface area contributed by atoms with Crippen LogP contribution in [0, 0.1) is 0 Å². The zero-order chi connectivity index (χ0) is 20.1. The van der Waals surface area contributed by atoms with Crippen LogP contribution in [0.25, 0.3) is 6.08 Å². The molecule has 0 spiro atoms. The lowest BCUT2D eigenvalue weighted by atomic mass is 10.2. The Hall–Kier alpha value is -2.64.